The van der Waals surface area contributed by atoms with Gasteiger partial charge < -0.3 is 15.9 Å². The first kappa shape index (κ1) is 19.9. The van der Waals surface area contributed by atoms with Crippen molar-refractivity contribution in [3.05, 3.63) is 0 Å². The van der Waals surface area contributed by atoms with Crippen LogP contribution in [0, 0.1) is 34.5 Å². The van der Waals surface area contributed by atoms with Gasteiger partial charge in [0.1, 0.15) is 12.4 Å². The lowest BCUT2D eigenvalue weighted by Crippen LogP contribution is -2.60. The Kier molecular flexibility index (Phi) is 5.27. The second-order valence-electron chi connectivity index (χ2n) is 10.0. The molecule has 4 aliphatic carbocycles. The summed E-state index contributed by atoms with van der Waals surface area (Å²) in [6.45, 7) is 5.56. The third kappa shape index (κ3) is 2.99. The van der Waals surface area contributed by atoms with Crippen LogP contribution in [0.3, 0.4) is 0 Å². The number of fused-ring (bicyclic) bond motifs is 5. The molecule has 0 aromatic carbocycles. The predicted octanol–water partition coefficient (Wildman–Crippen LogP) is 2.65. The fraction of sp³-hybridized carbons (Fsp3) is 0.864. The number of rotatable bonds is 5. The van der Waals surface area contributed by atoms with Gasteiger partial charge in [-0.05, 0) is 74.0 Å². The highest BCUT2D eigenvalue weighted by atomic mass is 16.6. The van der Waals surface area contributed by atoms with Gasteiger partial charge in [0.05, 0.1) is 5.71 Å². The highest BCUT2D eigenvalue weighted by Gasteiger charge is 2.62. The zero-order chi connectivity index (χ0) is 19.9. The molecule has 6 nitrogen and oxygen atoms in total. The molecular weight excluding hydrogens is 354 g/mol. The van der Waals surface area contributed by atoms with Crippen LogP contribution in [0.2, 0.25) is 0 Å². The maximum Gasteiger partial charge on any atom is 0.207 e. The molecule has 0 aromatic rings. The molecule has 0 saturated heterocycles. The largest absolute Gasteiger partial charge is 0.395 e. The Morgan fingerprint density at radius 1 is 1.21 bits per heavy atom. The molecule has 0 spiro atoms. The summed E-state index contributed by atoms with van der Waals surface area (Å²) in [5, 5.41) is 7.50. The van der Waals surface area contributed by atoms with E-state index in [0.29, 0.717) is 42.6 Å². The zero-order valence-corrected chi connectivity index (χ0v) is 17.3. The minimum absolute atomic E-state index is 0.132. The van der Waals surface area contributed by atoms with Crippen LogP contribution in [0.5, 0.6) is 0 Å². The van der Waals surface area contributed by atoms with Gasteiger partial charge in [0.2, 0.25) is 6.41 Å². The number of hydrogen-bond donors (Lipinski definition) is 2. The molecule has 4 rings (SSSR count). The fourth-order valence-electron chi connectivity index (χ4n) is 7.46. The van der Waals surface area contributed by atoms with Crippen molar-refractivity contribution < 1.29 is 14.4 Å². The smallest absolute Gasteiger partial charge is 0.207 e. The van der Waals surface area contributed by atoms with Crippen LogP contribution < -0.4 is 11.1 Å². The van der Waals surface area contributed by atoms with Crippen molar-refractivity contribution in [2.24, 2.45) is 45.4 Å². The molecule has 0 radical (unpaired) electrons. The highest BCUT2D eigenvalue weighted by Crippen LogP contribution is 2.65. The number of nitrogens with zero attached hydrogens (tertiary/aromatic N) is 1. The SMILES string of the molecule is C[C@]12CC/C(=N/OCCN)CC1[C@@H](NC=O)C[C@@H]1[C@@H]2CC[C@]2(C)C(=O)CC[C@@H]12. The van der Waals surface area contributed by atoms with Gasteiger partial charge in [-0.15, -0.1) is 0 Å². The summed E-state index contributed by atoms with van der Waals surface area (Å²) in [6, 6.07) is 0.154. The topological polar surface area (TPSA) is 93.8 Å². The molecule has 6 heteroatoms. The Morgan fingerprint density at radius 3 is 2.79 bits per heavy atom. The third-order valence-corrected chi connectivity index (χ3v) is 8.94. The molecule has 7 atom stereocenters. The second-order valence-corrected chi connectivity index (χ2v) is 10.0. The Balaban J connectivity index is 1.61. The number of carbonyl (C=O) groups excluding carboxylic acids is 2. The van der Waals surface area contributed by atoms with E-state index < -0.39 is 0 Å². The van der Waals surface area contributed by atoms with Crippen molar-refractivity contribution in [1.29, 1.82) is 0 Å². The maximum atomic E-state index is 12.6. The van der Waals surface area contributed by atoms with Crippen LogP contribution in [0.4, 0.5) is 0 Å². The van der Waals surface area contributed by atoms with E-state index >= 15 is 0 Å². The van der Waals surface area contributed by atoms with E-state index in [0.717, 1.165) is 63.5 Å². The van der Waals surface area contributed by atoms with Gasteiger partial charge in [0, 0.05) is 24.4 Å². The Hall–Kier alpha value is -1.43. The monoisotopic (exact) mass is 389 g/mol. The number of amides is 1. The number of hydrogen-bond acceptors (Lipinski definition) is 5. The lowest BCUT2D eigenvalue weighted by Gasteiger charge is -2.61. The number of carbonyl (C=O) groups is 2. The van der Waals surface area contributed by atoms with Crippen molar-refractivity contribution in [2.45, 2.75) is 71.3 Å². The molecule has 1 amide bonds. The Morgan fingerprint density at radius 2 is 2.04 bits per heavy atom. The molecule has 3 N–H and O–H groups in total. The van der Waals surface area contributed by atoms with E-state index in [1.807, 2.05) is 0 Å². The van der Waals surface area contributed by atoms with E-state index in [9.17, 15) is 9.59 Å². The average Bonchev–Trinajstić information content (AvgIpc) is 2.98. The van der Waals surface area contributed by atoms with Crippen LogP contribution in [0.25, 0.3) is 0 Å². The summed E-state index contributed by atoms with van der Waals surface area (Å²) in [6.07, 6.45) is 8.73. The summed E-state index contributed by atoms with van der Waals surface area (Å²) in [5.41, 5.74) is 6.66. The number of oxime groups is 1. The quantitative estimate of drug-likeness (QED) is 0.429. The lowest BCUT2D eigenvalue weighted by molar-refractivity contribution is -0.140. The normalized spacial score (nSPS) is 46.5. The van der Waals surface area contributed by atoms with Gasteiger partial charge in [0.15, 0.2) is 0 Å². The van der Waals surface area contributed by atoms with E-state index in [-0.39, 0.29) is 16.9 Å². The van der Waals surface area contributed by atoms with E-state index in [1.165, 1.54) is 0 Å². The zero-order valence-electron chi connectivity index (χ0n) is 17.3. The van der Waals surface area contributed by atoms with Gasteiger partial charge in [-0.3, -0.25) is 9.59 Å². The van der Waals surface area contributed by atoms with Crippen LogP contribution >= 0.6 is 0 Å². The van der Waals surface area contributed by atoms with Crippen LogP contribution in [0.15, 0.2) is 5.16 Å². The van der Waals surface area contributed by atoms with Gasteiger partial charge >= 0.3 is 0 Å². The van der Waals surface area contributed by atoms with Crippen molar-refractivity contribution >= 4 is 17.9 Å². The van der Waals surface area contributed by atoms with Crippen LogP contribution in [-0.2, 0) is 14.4 Å². The first-order valence-corrected chi connectivity index (χ1v) is 11.0. The number of nitrogens with two attached hydrogens (primary N) is 1. The molecule has 4 fully saturated rings. The fourth-order valence-corrected chi connectivity index (χ4v) is 7.46. The molecule has 0 heterocycles. The summed E-state index contributed by atoms with van der Waals surface area (Å²) >= 11 is 0. The molecule has 0 aliphatic heterocycles. The van der Waals surface area contributed by atoms with E-state index in [2.05, 4.69) is 24.3 Å². The van der Waals surface area contributed by atoms with Gasteiger partial charge in [-0.2, -0.15) is 0 Å². The van der Waals surface area contributed by atoms with Crippen molar-refractivity contribution in [3.8, 4) is 0 Å². The van der Waals surface area contributed by atoms with Gasteiger partial charge in [-0.25, -0.2) is 0 Å². The molecule has 28 heavy (non-hydrogen) atoms. The van der Waals surface area contributed by atoms with Crippen molar-refractivity contribution in [1.82, 2.24) is 5.32 Å². The van der Waals surface area contributed by atoms with Gasteiger partial charge in [-0.1, -0.05) is 19.0 Å². The summed E-state index contributed by atoms with van der Waals surface area (Å²) in [5.74, 6) is 2.51. The maximum absolute atomic E-state index is 12.6. The molecule has 0 bridgehead atoms. The number of nitrogens with one attached hydrogen (secondary N) is 1. The molecule has 0 aromatic heterocycles. The third-order valence-electron chi connectivity index (χ3n) is 8.94. The molecule has 156 valence electrons. The van der Waals surface area contributed by atoms with Crippen LogP contribution in [0.1, 0.15) is 65.2 Å². The first-order chi connectivity index (χ1) is 13.4. The summed E-state index contributed by atoms with van der Waals surface area (Å²) in [7, 11) is 0. The highest BCUT2D eigenvalue weighted by molar-refractivity contribution is 5.87. The Bertz CT molecular complexity index is 665. The van der Waals surface area contributed by atoms with Crippen molar-refractivity contribution in [3.63, 3.8) is 0 Å². The first-order valence-electron chi connectivity index (χ1n) is 11.0. The molecule has 4 saturated carbocycles. The summed E-state index contributed by atoms with van der Waals surface area (Å²) < 4.78 is 0. The van der Waals surface area contributed by atoms with Crippen molar-refractivity contribution in [2.75, 3.05) is 13.2 Å². The standard InChI is InChI=1S/C22H35N3O3/c1-21-7-5-14(25-28-10-9-23)11-18(21)19(24-13-26)12-15-16-3-4-20(27)22(16,2)8-6-17(15)21/h13,15-19H,3-12,23H2,1-2H3,(H,24,26)/b25-14-/t15-,16-,17-,18?,19-,21+,22-/m0/s1. The number of Topliss-reactive ketones (excluding diaryl/α,β-unsaturated/α-hetero) is 1. The average molecular weight is 390 g/mol. The van der Waals surface area contributed by atoms with E-state index in [4.69, 9.17) is 10.6 Å². The molecule has 4 aliphatic rings. The molecule has 1 unspecified atom stereocenters. The number of ketones is 1. The lowest BCUT2D eigenvalue weighted by atomic mass is 9.44. The second kappa shape index (κ2) is 7.43. The minimum atomic E-state index is -0.132. The van der Waals surface area contributed by atoms with Gasteiger partial charge in [0.25, 0.3) is 0 Å². The summed E-state index contributed by atoms with van der Waals surface area (Å²) in [4.78, 5) is 29.4. The van der Waals surface area contributed by atoms with Crippen LogP contribution in [-0.4, -0.2) is 37.1 Å². The minimum Gasteiger partial charge on any atom is -0.395 e. The van der Waals surface area contributed by atoms with E-state index in [1.54, 1.807) is 0 Å². The molecular formula is C22H35N3O3. The predicted molar refractivity (Wildman–Crippen MR) is 108 cm³/mol. The Labute approximate surface area is 168 Å².